The van der Waals surface area contributed by atoms with Crippen molar-refractivity contribution in [2.24, 2.45) is 7.05 Å². The Labute approximate surface area is 137 Å². The molecule has 0 atom stereocenters. The second-order valence-corrected chi connectivity index (χ2v) is 5.52. The highest BCUT2D eigenvalue weighted by atomic mass is 35.5. The smallest absolute Gasteiger partial charge is 0.182 e. The summed E-state index contributed by atoms with van der Waals surface area (Å²) in [5.41, 5.74) is 3.88. The van der Waals surface area contributed by atoms with Crippen molar-refractivity contribution in [3.63, 3.8) is 0 Å². The van der Waals surface area contributed by atoms with E-state index in [0.717, 1.165) is 22.2 Å². The van der Waals surface area contributed by atoms with Gasteiger partial charge in [0.25, 0.3) is 0 Å². The Morgan fingerprint density at radius 1 is 0.913 bits per heavy atom. The van der Waals surface area contributed by atoms with Crippen molar-refractivity contribution >= 4 is 22.6 Å². The fraction of sp³-hybridized carbons (Fsp3) is 0.0588. The number of hydrogen-bond acceptors (Lipinski definition) is 4. The third kappa shape index (κ3) is 2.26. The molecule has 112 valence electrons. The Morgan fingerprint density at radius 2 is 1.70 bits per heavy atom. The van der Waals surface area contributed by atoms with Crippen molar-refractivity contribution in [1.29, 1.82) is 0 Å². The molecule has 0 fully saturated rings. The number of fused-ring (bicyclic) bond motifs is 1. The number of hydrogen-bond donors (Lipinski definition) is 0. The van der Waals surface area contributed by atoms with Gasteiger partial charge in [-0.1, -0.05) is 41.9 Å². The average Bonchev–Trinajstić information content (AvgIpc) is 2.95. The first-order chi connectivity index (χ1) is 11.3. The van der Waals surface area contributed by atoms with Crippen molar-refractivity contribution in [1.82, 2.24) is 25.0 Å². The first-order valence-corrected chi connectivity index (χ1v) is 7.48. The van der Waals surface area contributed by atoms with Crippen LogP contribution in [0.5, 0.6) is 0 Å². The highest BCUT2D eigenvalue weighted by Gasteiger charge is 2.19. The van der Waals surface area contributed by atoms with Crippen LogP contribution in [0.25, 0.3) is 33.5 Å². The topological polar surface area (TPSA) is 56.5 Å². The lowest BCUT2D eigenvalue weighted by atomic mass is 10.1. The minimum Gasteiger partial charge on any atom is -0.264 e. The SMILES string of the molecule is Cn1nc(-c2ccccc2)c2c(Cl)c(-c3cccnc3)nnc21. The van der Waals surface area contributed by atoms with E-state index in [-0.39, 0.29) is 0 Å². The number of rotatable bonds is 2. The Kier molecular flexibility index (Phi) is 3.28. The standard InChI is InChI=1S/C17H12ClN5/c1-23-17-13(15(22-23)11-6-3-2-4-7-11)14(18)16(20-21-17)12-8-5-9-19-10-12/h2-10H,1H3. The molecule has 0 saturated carbocycles. The number of halogens is 1. The van der Waals surface area contributed by atoms with Gasteiger partial charge in [0.2, 0.25) is 0 Å². The quantitative estimate of drug-likeness (QED) is 0.564. The van der Waals surface area contributed by atoms with Gasteiger partial charge in [0.05, 0.1) is 10.4 Å². The molecule has 0 aliphatic heterocycles. The molecule has 0 radical (unpaired) electrons. The maximum absolute atomic E-state index is 6.66. The molecule has 3 aromatic heterocycles. The molecule has 23 heavy (non-hydrogen) atoms. The fourth-order valence-corrected chi connectivity index (χ4v) is 2.90. The monoisotopic (exact) mass is 321 g/mol. The van der Waals surface area contributed by atoms with Crippen LogP contribution in [0.4, 0.5) is 0 Å². The van der Waals surface area contributed by atoms with Gasteiger partial charge in [0, 0.05) is 30.6 Å². The van der Waals surface area contributed by atoms with Gasteiger partial charge >= 0.3 is 0 Å². The van der Waals surface area contributed by atoms with E-state index >= 15 is 0 Å². The first-order valence-electron chi connectivity index (χ1n) is 7.10. The van der Waals surface area contributed by atoms with E-state index in [1.165, 1.54) is 0 Å². The maximum Gasteiger partial charge on any atom is 0.182 e. The zero-order valence-corrected chi connectivity index (χ0v) is 13.1. The average molecular weight is 322 g/mol. The number of pyridine rings is 1. The third-order valence-electron chi connectivity index (χ3n) is 3.67. The summed E-state index contributed by atoms with van der Waals surface area (Å²) in [6, 6.07) is 13.7. The van der Waals surface area contributed by atoms with Crippen molar-refractivity contribution in [3.8, 4) is 22.5 Å². The molecule has 5 nitrogen and oxygen atoms in total. The van der Waals surface area contributed by atoms with E-state index in [1.807, 2.05) is 49.5 Å². The molecule has 4 aromatic rings. The summed E-state index contributed by atoms with van der Waals surface area (Å²) >= 11 is 6.66. The summed E-state index contributed by atoms with van der Waals surface area (Å²) in [6.07, 6.45) is 3.43. The molecule has 6 heteroatoms. The van der Waals surface area contributed by atoms with Gasteiger partial charge in [-0.25, -0.2) is 4.68 Å². The summed E-state index contributed by atoms with van der Waals surface area (Å²) in [5, 5.41) is 14.5. The number of aryl methyl sites for hydroxylation is 1. The molecule has 0 spiro atoms. The molecule has 0 bridgehead atoms. The van der Waals surface area contributed by atoms with E-state index in [2.05, 4.69) is 20.3 Å². The summed E-state index contributed by atoms with van der Waals surface area (Å²) in [7, 11) is 1.84. The lowest BCUT2D eigenvalue weighted by Gasteiger charge is -2.04. The predicted molar refractivity (Wildman–Crippen MR) is 90.0 cm³/mol. The van der Waals surface area contributed by atoms with Gasteiger partial charge in [0.15, 0.2) is 5.65 Å². The second kappa shape index (κ2) is 5.44. The normalized spacial score (nSPS) is 11.0. The van der Waals surface area contributed by atoms with Gasteiger partial charge in [-0.3, -0.25) is 4.98 Å². The molecular weight excluding hydrogens is 310 g/mol. The number of aromatic nitrogens is 5. The van der Waals surface area contributed by atoms with Crippen LogP contribution in [0.3, 0.4) is 0 Å². The van der Waals surface area contributed by atoms with Crippen molar-refractivity contribution in [2.45, 2.75) is 0 Å². The maximum atomic E-state index is 6.66. The Bertz CT molecular complexity index is 980. The van der Waals surface area contributed by atoms with Crippen LogP contribution >= 0.6 is 11.6 Å². The number of nitrogens with zero attached hydrogens (tertiary/aromatic N) is 5. The first kappa shape index (κ1) is 13.8. The van der Waals surface area contributed by atoms with Gasteiger partial charge in [-0.2, -0.15) is 5.10 Å². The lowest BCUT2D eigenvalue weighted by Crippen LogP contribution is -1.95. The van der Waals surface area contributed by atoms with Crippen LogP contribution in [-0.4, -0.2) is 25.0 Å². The molecule has 0 amide bonds. The van der Waals surface area contributed by atoms with Crippen molar-refractivity contribution in [3.05, 3.63) is 59.9 Å². The zero-order valence-electron chi connectivity index (χ0n) is 12.3. The van der Waals surface area contributed by atoms with E-state index in [4.69, 9.17) is 11.6 Å². The summed E-state index contributed by atoms with van der Waals surface area (Å²) in [6.45, 7) is 0. The fourth-order valence-electron chi connectivity index (χ4n) is 2.58. The Morgan fingerprint density at radius 3 is 2.43 bits per heavy atom. The second-order valence-electron chi connectivity index (χ2n) is 5.14. The molecule has 0 aliphatic rings. The summed E-state index contributed by atoms with van der Waals surface area (Å²) < 4.78 is 1.70. The molecule has 0 saturated heterocycles. The predicted octanol–water partition coefficient (Wildman–Crippen LogP) is 3.75. The van der Waals surface area contributed by atoms with E-state index in [9.17, 15) is 0 Å². The molecular formula is C17H12ClN5. The highest BCUT2D eigenvalue weighted by Crippen LogP contribution is 2.36. The molecule has 0 unspecified atom stereocenters. The highest BCUT2D eigenvalue weighted by molar-refractivity contribution is 6.38. The molecule has 1 aromatic carbocycles. The van der Waals surface area contributed by atoms with E-state index < -0.39 is 0 Å². The van der Waals surface area contributed by atoms with Crippen molar-refractivity contribution < 1.29 is 0 Å². The molecule has 3 heterocycles. The molecule has 4 rings (SSSR count). The third-order valence-corrected chi connectivity index (χ3v) is 4.04. The van der Waals surface area contributed by atoms with Gasteiger partial charge < -0.3 is 0 Å². The summed E-state index contributed by atoms with van der Waals surface area (Å²) in [4.78, 5) is 4.12. The number of benzene rings is 1. The van der Waals surface area contributed by atoms with Gasteiger partial charge in [-0.15, -0.1) is 10.2 Å². The van der Waals surface area contributed by atoms with Gasteiger partial charge in [0.1, 0.15) is 11.4 Å². The van der Waals surface area contributed by atoms with Crippen LogP contribution in [0, 0.1) is 0 Å². The van der Waals surface area contributed by atoms with E-state index in [1.54, 1.807) is 17.1 Å². The molecule has 0 aliphatic carbocycles. The Balaban J connectivity index is 2.03. The largest absolute Gasteiger partial charge is 0.264 e. The zero-order chi connectivity index (χ0) is 15.8. The lowest BCUT2D eigenvalue weighted by molar-refractivity contribution is 0.781. The van der Waals surface area contributed by atoms with E-state index in [0.29, 0.717) is 16.4 Å². The minimum atomic E-state index is 0.537. The minimum absolute atomic E-state index is 0.537. The molecule has 0 N–H and O–H groups in total. The summed E-state index contributed by atoms with van der Waals surface area (Å²) in [5.74, 6) is 0. The Hall–Kier alpha value is -2.79. The van der Waals surface area contributed by atoms with Crippen LogP contribution in [0.1, 0.15) is 0 Å². The van der Waals surface area contributed by atoms with Crippen LogP contribution in [0.15, 0.2) is 54.9 Å². The van der Waals surface area contributed by atoms with Crippen LogP contribution in [0.2, 0.25) is 5.02 Å². The van der Waals surface area contributed by atoms with Crippen molar-refractivity contribution in [2.75, 3.05) is 0 Å². The van der Waals surface area contributed by atoms with Crippen LogP contribution in [-0.2, 0) is 7.05 Å². The van der Waals surface area contributed by atoms with Crippen LogP contribution < -0.4 is 0 Å². The van der Waals surface area contributed by atoms with Gasteiger partial charge in [-0.05, 0) is 12.1 Å².